The molecule has 0 spiro atoms. The molecule has 1 fully saturated rings. The normalized spacial score (nSPS) is 20.3. The molecule has 1 atom stereocenters. The molecule has 6 nitrogen and oxygen atoms in total. The molecule has 2 aromatic carbocycles. The second-order valence-electron chi connectivity index (χ2n) is 6.78. The summed E-state index contributed by atoms with van der Waals surface area (Å²) in [6.45, 7) is 2.09. The highest BCUT2D eigenvalue weighted by Gasteiger charge is 2.33. The monoisotopic (exact) mass is 389 g/mol. The summed E-state index contributed by atoms with van der Waals surface area (Å²) in [4.78, 5) is 0.252. The summed E-state index contributed by atoms with van der Waals surface area (Å²) >= 11 is 0. The van der Waals surface area contributed by atoms with E-state index in [2.05, 4.69) is 0 Å². The van der Waals surface area contributed by atoms with Gasteiger partial charge in [0.05, 0.1) is 25.2 Å². The van der Waals surface area contributed by atoms with E-state index in [-0.39, 0.29) is 10.8 Å². The minimum absolute atomic E-state index is 0.186. The van der Waals surface area contributed by atoms with E-state index in [1.807, 2.05) is 24.3 Å². The Hall–Kier alpha value is -2.25. The van der Waals surface area contributed by atoms with Crippen molar-refractivity contribution in [3.63, 3.8) is 0 Å². The van der Waals surface area contributed by atoms with E-state index < -0.39 is 10.0 Å². The summed E-state index contributed by atoms with van der Waals surface area (Å²) in [5.74, 6) is 2.09. The average Bonchev–Trinajstić information content (AvgIpc) is 3.08. The molecule has 2 aromatic rings. The first-order valence-corrected chi connectivity index (χ1v) is 10.6. The van der Waals surface area contributed by atoms with Crippen molar-refractivity contribution in [2.75, 3.05) is 33.4 Å². The number of hydrogen-bond acceptors (Lipinski definition) is 5. The predicted octanol–water partition coefficient (Wildman–Crippen LogP) is 3.03. The van der Waals surface area contributed by atoms with E-state index in [9.17, 15) is 8.42 Å². The van der Waals surface area contributed by atoms with Gasteiger partial charge < -0.3 is 14.2 Å². The van der Waals surface area contributed by atoms with Crippen LogP contribution in [0, 0.1) is 0 Å². The van der Waals surface area contributed by atoms with Gasteiger partial charge in [0.15, 0.2) is 11.5 Å². The molecular weight excluding hydrogens is 366 g/mol. The van der Waals surface area contributed by atoms with Crippen LogP contribution in [-0.2, 0) is 10.0 Å². The topological polar surface area (TPSA) is 65.1 Å². The number of ether oxygens (including phenoxy) is 3. The molecule has 2 heterocycles. The van der Waals surface area contributed by atoms with Crippen LogP contribution in [0.2, 0.25) is 0 Å². The van der Waals surface area contributed by atoms with Gasteiger partial charge in [-0.2, -0.15) is 4.31 Å². The lowest BCUT2D eigenvalue weighted by atomic mass is 9.99. The van der Waals surface area contributed by atoms with E-state index in [4.69, 9.17) is 14.2 Å². The molecule has 0 amide bonds. The Labute approximate surface area is 159 Å². The van der Waals surface area contributed by atoms with Crippen molar-refractivity contribution in [1.82, 2.24) is 4.31 Å². The van der Waals surface area contributed by atoms with Crippen molar-refractivity contribution in [1.29, 1.82) is 0 Å². The second-order valence-corrected chi connectivity index (χ2v) is 8.72. The maximum Gasteiger partial charge on any atom is 0.243 e. The lowest BCUT2D eigenvalue weighted by Gasteiger charge is -2.18. The van der Waals surface area contributed by atoms with Crippen LogP contribution in [0.1, 0.15) is 24.3 Å². The molecule has 1 unspecified atom stereocenters. The van der Waals surface area contributed by atoms with Gasteiger partial charge in [-0.15, -0.1) is 0 Å². The Bertz CT molecular complexity index is 910. The van der Waals surface area contributed by atoms with Gasteiger partial charge in [-0.25, -0.2) is 8.42 Å². The Kier molecular flexibility index (Phi) is 4.97. The zero-order valence-electron chi connectivity index (χ0n) is 15.3. The highest BCUT2D eigenvalue weighted by Crippen LogP contribution is 2.36. The zero-order chi connectivity index (χ0) is 18.9. The van der Waals surface area contributed by atoms with E-state index in [0.717, 1.165) is 24.2 Å². The third-order valence-corrected chi connectivity index (χ3v) is 6.96. The van der Waals surface area contributed by atoms with Crippen LogP contribution < -0.4 is 14.2 Å². The van der Waals surface area contributed by atoms with Crippen LogP contribution in [0.4, 0.5) is 0 Å². The maximum absolute atomic E-state index is 13.1. The summed E-state index contributed by atoms with van der Waals surface area (Å²) in [5.41, 5.74) is 1.13. The highest BCUT2D eigenvalue weighted by molar-refractivity contribution is 7.89. The first-order valence-electron chi connectivity index (χ1n) is 9.12. The lowest BCUT2D eigenvalue weighted by molar-refractivity contribution is 0.297. The standard InChI is InChI=1S/C20H23NO5S/c1-24-17-5-3-15(4-6-17)16-9-10-21(14-16)27(22,23)18-7-8-19-20(13-18)26-12-2-11-25-19/h3-8,13,16H,2,9-12,14H2,1H3. The Morgan fingerprint density at radius 1 is 1.04 bits per heavy atom. The summed E-state index contributed by atoms with van der Waals surface area (Å²) in [7, 11) is -1.93. The molecule has 7 heteroatoms. The Morgan fingerprint density at radius 3 is 2.52 bits per heavy atom. The van der Waals surface area contributed by atoms with Gasteiger partial charge in [-0.3, -0.25) is 0 Å². The molecule has 144 valence electrons. The maximum atomic E-state index is 13.1. The van der Waals surface area contributed by atoms with Crippen LogP contribution in [0.25, 0.3) is 0 Å². The molecule has 2 aliphatic rings. The van der Waals surface area contributed by atoms with E-state index in [0.29, 0.717) is 37.8 Å². The van der Waals surface area contributed by atoms with Crippen molar-refractivity contribution in [3.8, 4) is 17.2 Å². The number of methoxy groups -OCH3 is 1. The van der Waals surface area contributed by atoms with Crippen LogP contribution in [-0.4, -0.2) is 46.1 Å². The molecule has 0 bridgehead atoms. The molecule has 27 heavy (non-hydrogen) atoms. The van der Waals surface area contributed by atoms with Gasteiger partial charge in [0.25, 0.3) is 0 Å². The van der Waals surface area contributed by atoms with E-state index >= 15 is 0 Å². The molecule has 0 N–H and O–H groups in total. The van der Waals surface area contributed by atoms with Gasteiger partial charge >= 0.3 is 0 Å². The SMILES string of the molecule is COc1ccc(C2CCN(S(=O)(=O)c3ccc4c(c3)OCCCO4)C2)cc1. The second kappa shape index (κ2) is 7.40. The predicted molar refractivity (Wildman–Crippen MR) is 101 cm³/mol. The third kappa shape index (κ3) is 3.61. The largest absolute Gasteiger partial charge is 0.497 e. The summed E-state index contributed by atoms with van der Waals surface area (Å²) in [6.07, 6.45) is 1.59. The number of sulfonamides is 1. The van der Waals surface area contributed by atoms with Gasteiger partial charge in [-0.1, -0.05) is 12.1 Å². The highest BCUT2D eigenvalue weighted by atomic mass is 32.2. The molecule has 1 saturated heterocycles. The number of benzene rings is 2. The number of hydrogen-bond donors (Lipinski definition) is 0. The first-order chi connectivity index (χ1) is 13.1. The number of nitrogens with zero attached hydrogens (tertiary/aromatic N) is 1. The van der Waals surface area contributed by atoms with Crippen molar-refractivity contribution in [2.24, 2.45) is 0 Å². The summed E-state index contributed by atoms with van der Waals surface area (Å²) < 4.78 is 44.2. The minimum atomic E-state index is -3.56. The molecule has 0 radical (unpaired) electrons. The van der Waals surface area contributed by atoms with E-state index in [1.165, 1.54) is 0 Å². The molecule has 0 aliphatic carbocycles. The average molecular weight is 389 g/mol. The zero-order valence-corrected chi connectivity index (χ0v) is 16.1. The van der Waals surface area contributed by atoms with Crippen molar-refractivity contribution in [2.45, 2.75) is 23.7 Å². The first kappa shape index (κ1) is 18.1. The Morgan fingerprint density at radius 2 is 1.78 bits per heavy atom. The number of rotatable bonds is 4. The van der Waals surface area contributed by atoms with Crippen LogP contribution in [0.5, 0.6) is 17.2 Å². The van der Waals surface area contributed by atoms with Gasteiger partial charge in [-0.05, 0) is 42.2 Å². The van der Waals surface area contributed by atoms with Crippen molar-refractivity contribution in [3.05, 3.63) is 48.0 Å². The smallest absolute Gasteiger partial charge is 0.243 e. The number of fused-ring (bicyclic) bond motifs is 1. The fraction of sp³-hybridized carbons (Fsp3) is 0.400. The van der Waals surface area contributed by atoms with Crippen LogP contribution >= 0.6 is 0 Å². The fourth-order valence-corrected chi connectivity index (χ4v) is 5.06. The molecule has 0 aromatic heterocycles. The van der Waals surface area contributed by atoms with Crippen molar-refractivity contribution >= 4 is 10.0 Å². The molecule has 4 rings (SSSR count). The van der Waals surface area contributed by atoms with Gasteiger partial charge in [0.2, 0.25) is 10.0 Å². The Balaban J connectivity index is 1.53. The molecule has 2 aliphatic heterocycles. The van der Waals surface area contributed by atoms with Crippen LogP contribution in [0.15, 0.2) is 47.4 Å². The third-order valence-electron chi connectivity index (χ3n) is 5.09. The van der Waals surface area contributed by atoms with Crippen molar-refractivity contribution < 1.29 is 22.6 Å². The summed E-state index contributed by atoms with van der Waals surface area (Å²) in [6, 6.07) is 12.7. The summed E-state index contributed by atoms with van der Waals surface area (Å²) in [5, 5.41) is 0. The van der Waals surface area contributed by atoms with Crippen LogP contribution in [0.3, 0.4) is 0 Å². The quantitative estimate of drug-likeness (QED) is 0.804. The minimum Gasteiger partial charge on any atom is -0.497 e. The van der Waals surface area contributed by atoms with Gasteiger partial charge in [0, 0.05) is 25.6 Å². The lowest BCUT2D eigenvalue weighted by Crippen LogP contribution is -2.28. The van der Waals surface area contributed by atoms with Gasteiger partial charge in [0.1, 0.15) is 5.75 Å². The fourth-order valence-electron chi connectivity index (χ4n) is 3.55. The van der Waals surface area contributed by atoms with E-state index in [1.54, 1.807) is 29.6 Å². The molecule has 0 saturated carbocycles. The molecular formula is C20H23NO5S.